The number of amides is 1. The highest BCUT2D eigenvalue weighted by Gasteiger charge is 2.04. The van der Waals surface area contributed by atoms with Crippen LogP contribution in [0.2, 0.25) is 0 Å². The van der Waals surface area contributed by atoms with Crippen molar-refractivity contribution in [2.75, 3.05) is 6.61 Å². The Balaban J connectivity index is 1.93. The molecule has 2 aromatic carbocycles. The first-order valence-corrected chi connectivity index (χ1v) is 7.81. The molecule has 0 aliphatic heterocycles. The molecule has 0 saturated carbocycles. The second-order valence-corrected chi connectivity index (χ2v) is 5.45. The summed E-state index contributed by atoms with van der Waals surface area (Å²) >= 11 is 3.42. The third-order valence-corrected chi connectivity index (χ3v) is 3.59. The van der Waals surface area contributed by atoms with E-state index in [2.05, 4.69) is 26.5 Å². The van der Waals surface area contributed by atoms with Crippen molar-refractivity contribution in [1.29, 1.82) is 0 Å². The van der Waals surface area contributed by atoms with Gasteiger partial charge >= 0.3 is 0 Å². The van der Waals surface area contributed by atoms with E-state index in [0.717, 1.165) is 22.2 Å². The van der Waals surface area contributed by atoms with Crippen LogP contribution in [-0.2, 0) is 0 Å². The number of hydrazone groups is 1. The molecule has 5 heteroatoms. The van der Waals surface area contributed by atoms with Gasteiger partial charge in [0, 0.05) is 15.6 Å². The summed E-state index contributed by atoms with van der Waals surface area (Å²) in [5.41, 5.74) is 3.94. The Hall–Kier alpha value is -2.14. The van der Waals surface area contributed by atoms with E-state index in [1.165, 1.54) is 0 Å². The lowest BCUT2D eigenvalue weighted by atomic mass is 10.2. The third kappa shape index (κ3) is 4.70. The van der Waals surface area contributed by atoms with E-state index < -0.39 is 0 Å². The summed E-state index contributed by atoms with van der Waals surface area (Å²) in [6, 6.07) is 14.6. The van der Waals surface area contributed by atoms with Crippen molar-refractivity contribution < 1.29 is 9.53 Å². The summed E-state index contributed by atoms with van der Waals surface area (Å²) in [4.78, 5) is 12.0. The SMILES string of the molecule is CCCOc1ccc(C(=O)N/N=C/c2ccccc2Br)cc1. The summed E-state index contributed by atoms with van der Waals surface area (Å²) in [7, 11) is 0. The van der Waals surface area contributed by atoms with Crippen molar-refractivity contribution in [2.45, 2.75) is 13.3 Å². The van der Waals surface area contributed by atoms with Gasteiger partial charge in [-0.15, -0.1) is 0 Å². The van der Waals surface area contributed by atoms with Crippen molar-refractivity contribution >= 4 is 28.1 Å². The van der Waals surface area contributed by atoms with E-state index in [1.54, 1.807) is 30.5 Å². The molecule has 1 amide bonds. The molecule has 2 rings (SSSR count). The normalized spacial score (nSPS) is 10.6. The number of carbonyl (C=O) groups is 1. The topological polar surface area (TPSA) is 50.7 Å². The average molecular weight is 361 g/mol. The lowest BCUT2D eigenvalue weighted by Crippen LogP contribution is -2.17. The first-order valence-electron chi connectivity index (χ1n) is 7.01. The Morgan fingerprint density at radius 3 is 2.64 bits per heavy atom. The molecule has 1 N–H and O–H groups in total. The third-order valence-electron chi connectivity index (χ3n) is 2.86. The number of rotatable bonds is 6. The number of ether oxygens (including phenoxy) is 1. The molecule has 0 heterocycles. The predicted octanol–water partition coefficient (Wildman–Crippen LogP) is 4.00. The average Bonchev–Trinajstić information content (AvgIpc) is 2.55. The molecule has 0 atom stereocenters. The fraction of sp³-hybridized carbons (Fsp3) is 0.176. The maximum Gasteiger partial charge on any atom is 0.271 e. The first kappa shape index (κ1) is 16.2. The van der Waals surface area contributed by atoms with Gasteiger partial charge in [-0.05, 0) is 36.8 Å². The van der Waals surface area contributed by atoms with Crippen molar-refractivity contribution in [1.82, 2.24) is 5.43 Å². The van der Waals surface area contributed by atoms with Gasteiger partial charge in [0.25, 0.3) is 5.91 Å². The van der Waals surface area contributed by atoms with Gasteiger partial charge in [-0.25, -0.2) is 5.43 Å². The Morgan fingerprint density at radius 1 is 1.23 bits per heavy atom. The van der Waals surface area contributed by atoms with Crippen LogP contribution in [0, 0.1) is 0 Å². The van der Waals surface area contributed by atoms with Gasteiger partial charge in [-0.2, -0.15) is 5.10 Å². The Bertz CT molecular complexity index is 654. The highest BCUT2D eigenvalue weighted by molar-refractivity contribution is 9.10. The second-order valence-electron chi connectivity index (χ2n) is 4.59. The molecule has 0 bridgehead atoms. The zero-order valence-corrected chi connectivity index (χ0v) is 13.8. The van der Waals surface area contributed by atoms with Crippen LogP contribution in [0.5, 0.6) is 5.75 Å². The number of nitrogens with one attached hydrogen (secondary N) is 1. The van der Waals surface area contributed by atoms with E-state index in [0.29, 0.717) is 12.2 Å². The maximum atomic E-state index is 12.0. The standard InChI is InChI=1S/C17H17BrN2O2/c1-2-11-22-15-9-7-13(8-10-15)17(21)20-19-12-14-5-3-4-6-16(14)18/h3-10,12H,2,11H2,1H3,(H,20,21)/b19-12+. The van der Waals surface area contributed by atoms with E-state index >= 15 is 0 Å². The monoisotopic (exact) mass is 360 g/mol. The number of hydrogen-bond acceptors (Lipinski definition) is 3. The van der Waals surface area contributed by atoms with Crippen LogP contribution >= 0.6 is 15.9 Å². The van der Waals surface area contributed by atoms with Gasteiger partial charge in [0.1, 0.15) is 5.75 Å². The lowest BCUT2D eigenvalue weighted by molar-refractivity contribution is 0.0955. The summed E-state index contributed by atoms with van der Waals surface area (Å²) < 4.78 is 6.40. The van der Waals surface area contributed by atoms with Crippen LogP contribution in [0.4, 0.5) is 0 Å². The summed E-state index contributed by atoms with van der Waals surface area (Å²) in [5.74, 6) is 0.500. The first-order chi connectivity index (χ1) is 10.7. The molecular weight excluding hydrogens is 344 g/mol. The number of halogens is 1. The Morgan fingerprint density at radius 2 is 1.95 bits per heavy atom. The fourth-order valence-electron chi connectivity index (χ4n) is 1.73. The van der Waals surface area contributed by atoms with Crippen LogP contribution < -0.4 is 10.2 Å². The van der Waals surface area contributed by atoms with Crippen molar-refractivity contribution in [3.63, 3.8) is 0 Å². The highest BCUT2D eigenvalue weighted by atomic mass is 79.9. The van der Waals surface area contributed by atoms with Crippen LogP contribution in [0.25, 0.3) is 0 Å². The van der Waals surface area contributed by atoms with E-state index in [9.17, 15) is 4.79 Å². The van der Waals surface area contributed by atoms with Gasteiger partial charge in [0.15, 0.2) is 0 Å². The molecule has 2 aromatic rings. The van der Waals surface area contributed by atoms with Crippen LogP contribution in [0.3, 0.4) is 0 Å². The molecule has 0 aliphatic rings. The second kappa shape index (κ2) is 8.34. The largest absolute Gasteiger partial charge is 0.494 e. The van der Waals surface area contributed by atoms with Crippen LogP contribution in [0.15, 0.2) is 58.1 Å². The molecule has 0 saturated heterocycles. The summed E-state index contributed by atoms with van der Waals surface area (Å²) in [6.45, 7) is 2.71. The minimum atomic E-state index is -0.259. The van der Waals surface area contributed by atoms with Crippen LogP contribution in [-0.4, -0.2) is 18.7 Å². The van der Waals surface area contributed by atoms with Gasteiger partial charge in [0.05, 0.1) is 12.8 Å². The molecule has 0 aromatic heterocycles. The smallest absolute Gasteiger partial charge is 0.271 e. The lowest BCUT2D eigenvalue weighted by Gasteiger charge is -2.05. The molecule has 4 nitrogen and oxygen atoms in total. The van der Waals surface area contributed by atoms with E-state index in [4.69, 9.17) is 4.74 Å². The molecule has 114 valence electrons. The number of hydrogen-bond donors (Lipinski definition) is 1. The molecule has 0 aliphatic carbocycles. The quantitative estimate of drug-likeness (QED) is 0.625. The minimum absolute atomic E-state index is 0.259. The zero-order chi connectivity index (χ0) is 15.8. The van der Waals surface area contributed by atoms with Gasteiger partial charge in [-0.3, -0.25) is 4.79 Å². The Labute approximate surface area is 138 Å². The predicted molar refractivity (Wildman–Crippen MR) is 91.4 cm³/mol. The van der Waals surface area contributed by atoms with E-state index in [1.807, 2.05) is 31.2 Å². The minimum Gasteiger partial charge on any atom is -0.494 e. The number of benzene rings is 2. The molecular formula is C17H17BrN2O2. The molecule has 22 heavy (non-hydrogen) atoms. The number of nitrogens with zero attached hydrogens (tertiary/aromatic N) is 1. The molecule has 0 unspecified atom stereocenters. The van der Waals surface area contributed by atoms with Crippen molar-refractivity contribution in [3.05, 3.63) is 64.1 Å². The highest BCUT2D eigenvalue weighted by Crippen LogP contribution is 2.14. The molecule has 0 radical (unpaired) electrons. The maximum absolute atomic E-state index is 12.0. The molecule has 0 fully saturated rings. The van der Waals surface area contributed by atoms with Crippen molar-refractivity contribution in [2.24, 2.45) is 5.10 Å². The summed E-state index contributed by atoms with van der Waals surface area (Å²) in [5, 5.41) is 3.96. The van der Waals surface area contributed by atoms with E-state index in [-0.39, 0.29) is 5.91 Å². The summed E-state index contributed by atoms with van der Waals surface area (Å²) in [6.07, 6.45) is 2.55. The fourth-order valence-corrected chi connectivity index (χ4v) is 2.11. The van der Waals surface area contributed by atoms with Gasteiger partial charge < -0.3 is 4.74 Å². The Kier molecular flexibility index (Phi) is 6.15. The number of carbonyl (C=O) groups excluding carboxylic acids is 1. The molecule has 0 spiro atoms. The van der Waals surface area contributed by atoms with Gasteiger partial charge in [-0.1, -0.05) is 41.1 Å². The van der Waals surface area contributed by atoms with Crippen LogP contribution in [0.1, 0.15) is 29.3 Å². The zero-order valence-electron chi connectivity index (χ0n) is 12.3. The van der Waals surface area contributed by atoms with Gasteiger partial charge in [0.2, 0.25) is 0 Å². The van der Waals surface area contributed by atoms with Crippen molar-refractivity contribution in [3.8, 4) is 5.75 Å².